The molecule has 0 radical (unpaired) electrons. The lowest BCUT2D eigenvalue weighted by molar-refractivity contribution is -0.174. The second kappa shape index (κ2) is 6.78. The van der Waals surface area contributed by atoms with Crippen LogP contribution in [0.1, 0.15) is 30.0 Å². The lowest BCUT2D eigenvalue weighted by Crippen LogP contribution is -2.49. The van der Waals surface area contributed by atoms with Crippen molar-refractivity contribution in [2.75, 3.05) is 11.4 Å². The molecular weight excluding hydrogens is 373 g/mol. The molecule has 1 saturated heterocycles. The number of anilines is 1. The van der Waals surface area contributed by atoms with Crippen molar-refractivity contribution >= 4 is 23.4 Å². The van der Waals surface area contributed by atoms with E-state index in [0.717, 1.165) is 26.6 Å². The van der Waals surface area contributed by atoms with Gasteiger partial charge in [-0.05, 0) is 43.5 Å². The summed E-state index contributed by atoms with van der Waals surface area (Å²) >= 11 is 1.69. The molecule has 2 aromatic carbocycles. The number of halogens is 3. The number of fused-ring (bicyclic) bond motifs is 5. The zero-order chi connectivity index (χ0) is 19.2. The van der Waals surface area contributed by atoms with Gasteiger partial charge >= 0.3 is 12.1 Å². The van der Waals surface area contributed by atoms with Gasteiger partial charge in [0, 0.05) is 22.4 Å². The molecule has 2 aliphatic heterocycles. The van der Waals surface area contributed by atoms with Crippen LogP contribution in [0.25, 0.3) is 0 Å². The number of alkyl halides is 3. The number of hydrogen-bond acceptors (Lipinski definition) is 3. The van der Waals surface area contributed by atoms with E-state index in [0.29, 0.717) is 19.4 Å². The monoisotopic (exact) mass is 392 g/mol. The van der Waals surface area contributed by atoms with E-state index in [2.05, 4.69) is 40.5 Å². The number of nitrogens with one attached hydrogen (secondary N) is 1. The van der Waals surface area contributed by atoms with Crippen molar-refractivity contribution in [2.24, 2.45) is 0 Å². The number of carbonyl (C=O) groups is 1. The van der Waals surface area contributed by atoms with Crippen LogP contribution in [0.4, 0.5) is 18.9 Å². The van der Waals surface area contributed by atoms with Gasteiger partial charge in [-0.1, -0.05) is 41.6 Å². The van der Waals surface area contributed by atoms with E-state index in [1.165, 1.54) is 0 Å². The molecule has 27 heavy (non-hydrogen) atoms. The van der Waals surface area contributed by atoms with E-state index >= 15 is 0 Å². The number of piperidine rings is 1. The van der Waals surface area contributed by atoms with Crippen molar-refractivity contribution in [2.45, 2.75) is 47.8 Å². The maximum atomic E-state index is 12.7. The number of carbonyl (C=O) groups excluding carboxylic acids is 1. The fourth-order valence-corrected chi connectivity index (χ4v) is 4.99. The van der Waals surface area contributed by atoms with Gasteiger partial charge in [-0.2, -0.15) is 13.2 Å². The third-order valence-corrected chi connectivity index (χ3v) is 6.27. The number of rotatable bonds is 1. The second-order valence-electron chi connectivity index (χ2n) is 7.01. The third kappa shape index (κ3) is 3.52. The van der Waals surface area contributed by atoms with Gasteiger partial charge in [-0.15, -0.1) is 0 Å². The molecule has 0 aromatic heterocycles. The van der Waals surface area contributed by atoms with Crippen LogP contribution >= 0.6 is 11.8 Å². The Morgan fingerprint density at radius 1 is 1.19 bits per heavy atom. The van der Waals surface area contributed by atoms with Crippen molar-refractivity contribution < 1.29 is 18.0 Å². The van der Waals surface area contributed by atoms with Gasteiger partial charge in [0.15, 0.2) is 0 Å². The Morgan fingerprint density at radius 3 is 2.74 bits per heavy atom. The molecule has 1 amide bonds. The summed E-state index contributed by atoms with van der Waals surface area (Å²) in [5.74, 6) is -1.85. The number of aryl methyl sites for hydroxylation is 1. The SMILES string of the molecule is Cc1ccc2c(c1)[C@H]1C[C@H](NC(=O)C(F)(F)F)CCN1c1ccccc1S2. The summed E-state index contributed by atoms with van der Waals surface area (Å²) in [7, 11) is 0. The van der Waals surface area contributed by atoms with Crippen molar-refractivity contribution in [3.63, 3.8) is 0 Å². The molecule has 2 atom stereocenters. The summed E-state index contributed by atoms with van der Waals surface area (Å²) < 4.78 is 38.0. The smallest absolute Gasteiger partial charge is 0.363 e. The quantitative estimate of drug-likeness (QED) is 0.753. The van der Waals surface area contributed by atoms with Crippen LogP contribution in [0.2, 0.25) is 0 Å². The van der Waals surface area contributed by atoms with Crippen LogP contribution in [0.3, 0.4) is 0 Å². The molecular formula is C20H19F3N2OS. The van der Waals surface area contributed by atoms with Gasteiger partial charge in [0.2, 0.25) is 0 Å². The largest absolute Gasteiger partial charge is 0.471 e. The van der Waals surface area contributed by atoms with E-state index in [4.69, 9.17) is 0 Å². The predicted molar refractivity (Wildman–Crippen MR) is 99.1 cm³/mol. The summed E-state index contributed by atoms with van der Waals surface area (Å²) in [6.45, 7) is 2.61. The molecule has 4 rings (SSSR count). The first-order valence-electron chi connectivity index (χ1n) is 8.84. The van der Waals surface area contributed by atoms with Crippen LogP contribution in [0.5, 0.6) is 0 Å². The molecule has 0 saturated carbocycles. The first-order chi connectivity index (χ1) is 12.8. The molecule has 0 spiro atoms. The highest BCUT2D eigenvalue weighted by atomic mass is 32.2. The first kappa shape index (κ1) is 18.2. The Bertz CT molecular complexity index is 884. The predicted octanol–water partition coefficient (Wildman–Crippen LogP) is 4.85. The molecule has 0 bridgehead atoms. The second-order valence-corrected chi connectivity index (χ2v) is 8.10. The van der Waals surface area contributed by atoms with Crippen LogP contribution in [0.15, 0.2) is 52.3 Å². The summed E-state index contributed by atoms with van der Waals surface area (Å²) in [5.41, 5.74) is 3.32. The average molecular weight is 392 g/mol. The molecule has 3 nitrogen and oxygen atoms in total. The van der Waals surface area contributed by atoms with Crippen LogP contribution in [-0.4, -0.2) is 24.7 Å². The minimum Gasteiger partial charge on any atom is -0.363 e. The zero-order valence-corrected chi connectivity index (χ0v) is 15.5. The minimum absolute atomic E-state index is 0.0664. The van der Waals surface area contributed by atoms with Crippen molar-refractivity contribution in [3.05, 3.63) is 53.6 Å². The van der Waals surface area contributed by atoms with Crippen LogP contribution in [-0.2, 0) is 4.79 Å². The zero-order valence-electron chi connectivity index (χ0n) is 14.7. The highest BCUT2D eigenvalue weighted by Gasteiger charge is 2.42. The van der Waals surface area contributed by atoms with Gasteiger partial charge in [0.05, 0.1) is 11.7 Å². The highest BCUT2D eigenvalue weighted by Crippen LogP contribution is 2.48. The maximum absolute atomic E-state index is 12.7. The molecule has 0 unspecified atom stereocenters. The lowest BCUT2D eigenvalue weighted by atomic mass is 9.90. The number of nitrogens with zero attached hydrogens (tertiary/aromatic N) is 1. The maximum Gasteiger partial charge on any atom is 0.471 e. The lowest BCUT2D eigenvalue weighted by Gasteiger charge is -2.41. The minimum atomic E-state index is -4.85. The Balaban J connectivity index is 1.70. The van der Waals surface area contributed by atoms with E-state index < -0.39 is 18.1 Å². The van der Waals surface area contributed by atoms with E-state index in [9.17, 15) is 18.0 Å². The number of para-hydroxylation sites is 1. The third-order valence-electron chi connectivity index (χ3n) is 5.11. The summed E-state index contributed by atoms with van der Waals surface area (Å²) in [6, 6.07) is 13.8. The number of benzene rings is 2. The summed E-state index contributed by atoms with van der Waals surface area (Å²) in [4.78, 5) is 15.9. The number of amides is 1. The summed E-state index contributed by atoms with van der Waals surface area (Å²) in [5, 5.41) is 2.18. The van der Waals surface area contributed by atoms with Crippen LogP contribution in [0, 0.1) is 6.92 Å². The molecule has 2 heterocycles. The molecule has 2 aliphatic rings. The standard InChI is InChI=1S/C20H19F3N2OS/c1-12-6-7-17-14(10-12)16-11-13(24-19(26)20(21,22)23)8-9-25(16)15-4-2-3-5-18(15)27-17/h2-7,10,13,16H,8-9,11H2,1H3,(H,24,26)/t13-,16-/m1/s1. The highest BCUT2D eigenvalue weighted by molar-refractivity contribution is 7.99. The summed E-state index contributed by atoms with van der Waals surface area (Å²) in [6.07, 6.45) is -3.91. The fourth-order valence-electron chi connectivity index (χ4n) is 3.87. The molecule has 0 aliphatic carbocycles. The fraction of sp³-hybridized carbons (Fsp3) is 0.350. The molecule has 142 valence electrons. The normalized spacial score (nSPS) is 21.6. The average Bonchev–Trinajstić information content (AvgIpc) is 2.75. The van der Waals surface area contributed by atoms with Crippen molar-refractivity contribution in [1.82, 2.24) is 5.32 Å². The van der Waals surface area contributed by atoms with E-state index in [1.807, 2.05) is 19.1 Å². The molecule has 1 fully saturated rings. The molecule has 7 heteroatoms. The molecule has 1 N–H and O–H groups in total. The van der Waals surface area contributed by atoms with Gasteiger partial charge in [0.1, 0.15) is 0 Å². The topological polar surface area (TPSA) is 32.3 Å². The molecule has 2 aromatic rings. The van der Waals surface area contributed by atoms with Gasteiger partial charge < -0.3 is 10.2 Å². The van der Waals surface area contributed by atoms with Crippen molar-refractivity contribution in [3.8, 4) is 0 Å². The van der Waals surface area contributed by atoms with Crippen molar-refractivity contribution in [1.29, 1.82) is 0 Å². The van der Waals surface area contributed by atoms with Gasteiger partial charge in [-0.25, -0.2) is 0 Å². The Morgan fingerprint density at radius 2 is 1.96 bits per heavy atom. The Kier molecular flexibility index (Phi) is 4.58. The Hall–Kier alpha value is -2.15. The number of hydrogen-bond donors (Lipinski definition) is 1. The Labute approximate surface area is 159 Å². The van der Waals surface area contributed by atoms with Gasteiger partial charge in [-0.3, -0.25) is 4.79 Å². The first-order valence-corrected chi connectivity index (χ1v) is 9.66. The van der Waals surface area contributed by atoms with Crippen LogP contribution < -0.4 is 10.2 Å². The van der Waals surface area contributed by atoms with Gasteiger partial charge in [0.25, 0.3) is 0 Å². The van der Waals surface area contributed by atoms with E-state index in [1.54, 1.807) is 11.8 Å². The van der Waals surface area contributed by atoms with E-state index in [-0.39, 0.29) is 6.04 Å².